The fourth-order valence-electron chi connectivity index (χ4n) is 1.85. The van der Waals surface area contributed by atoms with Gasteiger partial charge in [0.2, 0.25) is 0 Å². The molecule has 0 spiro atoms. The summed E-state index contributed by atoms with van der Waals surface area (Å²) in [6.07, 6.45) is 0. The summed E-state index contributed by atoms with van der Waals surface area (Å²) in [5.41, 5.74) is 1.69. The van der Waals surface area contributed by atoms with Gasteiger partial charge in [-0.3, -0.25) is 0 Å². The first-order valence-electron chi connectivity index (χ1n) is 5.08. The summed E-state index contributed by atoms with van der Waals surface area (Å²) in [6.45, 7) is 4.24. The topological polar surface area (TPSA) is 29.4 Å². The molecule has 2 aromatic rings. The number of hydrogen-bond acceptors (Lipinski definition) is 2. The number of nitrogens with zero attached hydrogens (tertiary/aromatic N) is 1. The molecule has 0 aliphatic heterocycles. The Morgan fingerprint density at radius 2 is 1.87 bits per heavy atom. The largest absolute Gasteiger partial charge is 0.145 e. The summed E-state index contributed by atoms with van der Waals surface area (Å²) < 4.78 is 0. The van der Waals surface area contributed by atoms with Crippen LogP contribution in [0.5, 0.6) is 0 Å². The molecule has 0 heterocycles. The van der Waals surface area contributed by atoms with E-state index in [0.717, 1.165) is 5.39 Å². The monoisotopic (exact) mass is 199 g/mol. The molecule has 0 fully saturated rings. The molecule has 0 radical (unpaired) electrons. The van der Waals surface area contributed by atoms with E-state index < -0.39 is 0 Å². The minimum absolute atomic E-state index is 0.400. The van der Waals surface area contributed by atoms with E-state index in [4.69, 9.17) is 0 Å². The number of rotatable bonds is 2. The molecule has 15 heavy (non-hydrogen) atoms. The second-order valence-corrected chi connectivity index (χ2v) is 4.00. The van der Waals surface area contributed by atoms with Gasteiger partial charge in [-0.05, 0) is 39.6 Å². The summed E-state index contributed by atoms with van der Waals surface area (Å²) in [5, 5.41) is 5.30. The van der Waals surface area contributed by atoms with Crippen LogP contribution in [0.25, 0.3) is 10.8 Å². The SMILES string of the molecule is CC(C)c1cc(N=O)cc2ccccc12. The number of fused-ring (bicyclic) bond motifs is 1. The zero-order valence-electron chi connectivity index (χ0n) is 8.90. The van der Waals surface area contributed by atoms with Gasteiger partial charge in [-0.15, -0.1) is 4.91 Å². The second-order valence-electron chi connectivity index (χ2n) is 4.00. The fraction of sp³-hybridized carbons (Fsp3) is 0.231. The average molecular weight is 199 g/mol. The Morgan fingerprint density at radius 1 is 1.13 bits per heavy atom. The standard InChI is InChI=1S/C13H13NO/c1-9(2)13-8-11(14-15)7-10-5-3-4-6-12(10)13/h3-9H,1-2H3. The minimum atomic E-state index is 0.400. The molecule has 2 heteroatoms. The lowest BCUT2D eigenvalue weighted by atomic mass is 9.95. The summed E-state index contributed by atoms with van der Waals surface area (Å²) in [6, 6.07) is 11.8. The van der Waals surface area contributed by atoms with Crippen LogP contribution in [0.15, 0.2) is 41.6 Å². The van der Waals surface area contributed by atoms with Crippen molar-refractivity contribution in [1.82, 2.24) is 0 Å². The predicted molar refractivity (Wildman–Crippen MR) is 63.5 cm³/mol. The highest BCUT2D eigenvalue weighted by Crippen LogP contribution is 2.30. The summed E-state index contributed by atoms with van der Waals surface area (Å²) in [7, 11) is 0. The van der Waals surface area contributed by atoms with Gasteiger partial charge in [-0.2, -0.15) is 0 Å². The van der Waals surface area contributed by atoms with Gasteiger partial charge in [-0.25, -0.2) is 0 Å². The number of hydrogen-bond donors (Lipinski definition) is 0. The van der Waals surface area contributed by atoms with E-state index in [1.807, 2.05) is 30.3 Å². The molecule has 0 unspecified atom stereocenters. The highest BCUT2D eigenvalue weighted by Gasteiger charge is 2.07. The Morgan fingerprint density at radius 3 is 2.53 bits per heavy atom. The van der Waals surface area contributed by atoms with Crippen molar-refractivity contribution in [3.8, 4) is 0 Å². The van der Waals surface area contributed by atoms with Crippen LogP contribution < -0.4 is 0 Å². The highest BCUT2D eigenvalue weighted by molar-refractivity contribution is 5.88. The third kappa shape index (κ3) is 1.75. The maximum absolute atomic E-state index is 10.6. The van der Waals surface area contributed by atoms with Crippen LogP contribution in [0, 0.1) is 4.91 Å². The molecule has 2 aromatic carbocycles. The second kappa shape index (κ2) is 3.81. The summed E-state index contributed by atoms with van der Waals surface area (Å²) >= 11 is 0. The molecule has 0 N–H and O–H groups in total. The molecule has 2 nitrogen and oxygen atoms in total. The van der Waals surface area contributed by atoms with E-state index >= 15 is 0 Å². The van der Waals surface area contributed by atoms with Gasteiger partial charge in [-0.1, -0.05) is 38.1 Å². The van der Waals surface area contributed by atoms with Crippen LogP contribution in [-0.2, 0) is 0 Å². The number of nitroso groups, excluding NO2 is 1. The Hall–Kier alpha value is -1.70. The van der Waals surface area contributed by atoms with Crippen molar-refractivity contribution in [2.45, 2.75) is 19.8 Å². The maximum atomic E-state index is 10.6. The van der Waals surface area contributed by atoms with Gasteiger partial charge in [0, 0.05) is 0 Å². The molecule has 76 valence electrons. The molecule has 0 aliphatic rings. The van der Waals surface area contributed by atoms with E-state index in [1.54, 1.807) is 0 Å². The van der Waals surface area contributed by atoms with E-state index in [2.05, 4.69) is 25.1 Å². The summed E-state index contributed by atoms with van der Waals surface area (Å²) in [5.74, 6) is 0.400. The van der Waals surface area contributed by atoms with Crippen LogP contribution in [0.3, 0.4) is 0 Å². The van der Waals surface area contributed by atoms with Crippen LogP contribution in [0.2, 0.25) is 0 Å². The lowest BCUT2D eigenvalue weighted by Gasteiger charge is -2.10. The van der Waals surface area contributed by atoms with Crippen LogP contribution in [-0.4, -0.2) is 0 Å². The zero-order chi connectivity index (χ0) is 10.8. The first kappa shape index (κ1) is 9.84. The first-order valence-corrected chi connectivity index (χ1v) is 5.08. The van der Waals surface area contributed by atoms with E-state index in [1.165, 1.54) is 10.9 Å². The van der Waals surface area contributed by atoms with Crippen LogP contribution in [0.1, 0.15) is 25.3 Å². The lowest BCUT2D eigenvalue weighted by Crippen LogP contribution is -1.89. The Labute approximate surface area is 88.9 Å². The Bertz CT molecular complexity index is 503. The Balaban J connectivity index is 2.80. The molecular formula is C13H13NO. The normalized spacial score (nSPS) is 10.9. The van der Waals surface area contributed by atoms with Crippen molar-refractivity contribution in [2.24, 2.45) is 5.18 Å². The molecule has 0 saturated carbocycles. The molecule has 0 saturated heterocycles. The van der Waals surface area contributed by atoms with Crippen molar-refractivity contribution >= 4 is 16.5 Å². The first-order chi connectivity index (χ1) is 7.22. The van der Waals surface area contributed by atoms with Gasteiger partial charge < -0.3 is 0 Å². The van der Waals surface area contributed by atoms with Gasteiger partial charge in [0.25, 0.3) is 0 Å². The van der Waals surface area contributed by atoms with Crippen LogP contribution >= 0.6 is 0 Å². The van der Waals surface area contributed by atoms with Gasteiger partial charge in [0.1, 0.15) is 5.69 Å². The van der Waals surface area contributed by atoms with E-state index in [-0.39, 0.29) is 0 Å². The van der Waals surface area contributed by atoms with Crippen molar-refractivity contribution in [1.29, 1.82) is 0 Å². The predicted octanol–water partition coefficient (Wildman–Crippen LogP) is 4.36. The molecular weight excluding hydrogens is 186 g/mol. The third-order valence-corrected chi connectivity index (χ3v) is 2.61. The average Bonchev–Trinajstić information content (AvgIpc) is 2.27. The molecule has 0 bridgehead atoms. The van der Waals surface area contributed by atoms with Gasteiger partial charge in [0.05, 0.1) is 0 Å². The smallest absolute Gasteiger partial charge is 0.108 e. The zero-order valence-corrected chi connectivity index (χ0v) is 8.90. The quantitative estimate of drug-likeness (QED) is 0.660. The molecule has 0 aliphatic carbocycles. The van der Waals surface area contributed by atoms with E-state index in [9.17, 15) is 4.91 Å². The molecule has 0 aromatic heterocycles. The Kier molecular flexibility index (Phi) is 2.50. The maximum Gasteiger partial charge on any atom is 0.108 e. The summed E-state index contributed by atoms with van der Waals surface area (Å²) in [4.78, 5) is 10.6. The van der Waals surface area contributed by atoms with E-state index in [0.29, 0.717) is 11.6 Å². The number of benzene rings is 2. The van der Waals surface area contributed by atoms with Crippen molar-refractivity contribution < 1.29 is 0 Å². The van der Waals surface area contributed by atoms with Crippen molar-refractivity contribution in [3.63, 3.8) is 0 Å². The van der Waals surface area contributed by atoms with Crippen LogP contribution in [0.4, 0.5) is 5.69 Å². The molecule has 0 amide bonds. The molecule has 0 atom stereocenters. The lowest BCUT2D eigenvalue weighted by molar-refractivity contribution is 0.876. The fourth-order valence-corrected chi connectivity index (χ4v) is 1.85. The molecule has 2 rings (SSSR count). The van der Waals surface area contributed by atoms with Crippen molar-refractivity contribution in [3.05, 3.63) is 46.9 Å². The third-order valence-electron chi connectivity index (χ3n) is 2.61. The minimum Gasteiger partial charge on any atom is -0.145 e. The van der Waals surface area contributed by atoms with Gasteiger partial charge >= 0.3 is 0 Å². The highest BCUT2D eigenvalue weighted by atomic mass is 16.3. The van der Waals surface area contributed by atoms with Crippen molar-refractivity contribution in [2.75, 3.05) is 0 Å². The van der Waals surface area contributed by atoms with Gasteiger partial charge in [0.15, 0.2) is 0 Å².